The van der Waals surface area contributed by atoms with Crippen LogP contribution in [0.4, 0.5) is 0 Å². The number of hydrogen-bond donors (Lipinski definition) is 1. The van der Waals surface area contributed by atoms with Crippen LogP contribution < -0.4 is 4.74 Å². The Balaban J connectivity index is 0.00000147. The quantitative estimate of drug-likeness (QED) is 0.863. The highest BCUT2D eigenvalue weighted by Crippen LogP contribution is 2.21. The van der Waals surface area contributed by atoms with Gasteiger partial charge in [-0.25, -0.2) is 0 Å². The summed E-state index contributed by atoms with van der Waals surface area (Å²) in [6.45, 7) is 4.10. The molecule has 1 aliphatic heterocycles. The summed E-state index contributed by atoms with van der Waals surface area (Å²) in [6, 6.07) is 7.71. The Morgan fingerprint density at radius 3 is 2.80 bits per heavy atom. The number of nitrogens with zero attached hydrogens (tertiary/aromatic N) is 1. The number of likely N-dealkylation sites (tertiary alicyclic amines) is 1. The van der Waals surface area contributed by atoms with Crippen LogP contribution in [0.1, 0.15) is 23.3 Å². The highest BCUT2D eigenvalue weighted by atomic mass is 35.5. The minimum absolute atomic E-state index is 0. The molecule has 0 unspecified atom stereocenters. The van der Waals surface area contributed by atoms with Crippen LogP contribution in [0.3, 0.4) is 0 Å². The van der Waals surface area contributed by atoms with E-state index in [1.54, 1.807) is 0 Å². The van der Waals surface area contributed by atoms with Gasteiger partial charge in [0.05, 0.1) is 5.69 Å². The molecule has 1 saturated heterocycles. The fourth-order valence-electron chi connectivity index (χ4n) is 2.59. The molecule has 4 nitrogen and oxygen atoms in total. The van der Waals surface area contributed by atoms with Gasteiger partial charge in [0.15, 0.2) is 6.29 Å². The molecular weight excluding hydrogens is 276 g/mol. The minimum Gasteiger partial charge on any atom is -0.492 e. The van der Waals surface area contributed by atoms with Gasteiger partial charge in [-0.1, -0.05) is 0 Å². The maximum absolute atomic E-state index is 10.7. The molecule has 0 amide bonds. The van der Waals surface area contributed by atoms with E-state index >= 15 is 0 Å². The van der Waals surface area contributed by atoms with E-state index in [0.717, 1.165) is 36.1 Å². The first-order valence-electron chi connectivity index (χ1n) is 6.78. The Morgan fingerprint density at radius 1 is 1.25 bits per heavy atom. The summed E-state index contributed by atoms with van der Waals surface area (Å²) in [5, 5.41) is 1.01. The van der Waals surface area contributed by atoms with Crippen molar-refractivity contribution in [3.63, 3.8) is 0 Å². The summed E-state index contributed by atoms with van der Waals surface area (Å²) in [6.07, 6.45) is 3.45. The van der Waals surface area contributed by atoms with Crippen molar-refractivity contribution in [1.29, 1.82) is 0 Å². The van der Waals surface area contributed by atoms with Crippen LogP contribution >= 0.6 is 12.4 Å². The van der Waals surface area contributed by atoms with Gasteiger partial charge in [0.25, 0.3) is 0 Å². The smallest absolute Gasteiger partial charge is 0.166 e. The van der Waals surface area contributed by atoms with E-state index in [9.17, 15) is 4.79 Å². The molecule has 2 aromatic rings. The third kappa shape index (κ3) is 3.32. The number of H-pyrrole nitrogens is 1. The molecule has 0 bridgehead atoms. The number of benzene rings is 1. The molecule has 1 N–H and O–H groups in total. The van der Waals surface area contributed by atoms with E-state index in [2.05, 4.69) is 9.88 Å². The average Bonchev–Trinajstić information content (AvgIpc) is 3.06. The first kappa shape index (κ1) is 14.9. The molecule has 1 aromatic heterocycles. The predicted molar refractivity (Wildman–Crippen MR) is 82.1 cm³/mol. The largest absolute Gasteiger partial charge is 0.492 e. The number of halogens is 1. The molecule has 2 heterocycles. The SMILES string of the molecule is Cl.O=Cc1cc2cc(OCCN3CCCC3)ccc2[nH]1. The van der Waals surface area contributed by atoms with Crippen LogP contribution in [0, 0.1) is 0 Å². The molecule has 108 valence electrons. The standard InChI is InChI=1S/C15H18N2O2.ClH/c18-11-13-9-12-10-14(3-4-15(12)16-13)19-8-7-17-5-1-2-6-17;/h3-4,9-11,16H,1-2,5-8H2;1H. The van der Waals surface area contributed by atoms with Crippen molar-refractivity contribution in [3.05, 3.63) is 30.0 Å². The molecule has 20 heavy (non-hydrogen) atoms. The van der Waals surface area contributed by atoms with Crippen LogP contribution in [-0.2, 0) is 0 Å². The molecule has 1 fully saturated rings. The second-order valence-electron chi connectivity index (χ2n) is 4.99. The van der Waals surface area contributed by atoms with E-state index in [4.69, 9.17) is 4.74 Å². The van der Waals surface area contributed by atoms with Gasteiger partial charge in [-0.15, -0.1) is 12.4 Å². The van der Waals surface area contributed by atoms with Gasteiger partial charge in [0.1, 0.15) is 12.4 Å². The number of fused-ring (bicyclic) bond motifs is 1. The van der Waals surface area contributed by atoms with E-state index in [-0.39, 0.29) is 12.4 Å². The van der Waals surface area contributed by atoms with Gasteiger partial charge in [0.2, 0.25) is 0 Å². The van der Waals surface area contributed by atoms with Gasteiger partial charge in [0, 0.05) is 17.4 Å². The second kappa shape index (κ2) is 6.77. The number of hydrogen-bond acceptors (Lipinski definition) is 3. The summed E-state index contributed by atoms with van der Waals surface area (Å²) in [5.74, 6) is 0.864. The number of aromatic nitrogens is 1. The molecule has 1 aliphatic rings. The average molecular weight is 295 g/mol. The Morgan fingerprint density at radius 2 is 2.05 bits per heavy atom. The summed E-state index contributed by atoms with van der Waals surface area (Å²) < 4.78 is 5.78. The maximum Gasteiger partial charge on any atom is 0.166 e. The van der Waals surface area contributed by atoms with Crippen LogP contribution in [0.2, 0.25) is 0 Å². The zero-order valence-corrected chi connectivity index (χ0v) is 12.1. The number of aldehydes is 1. The Kier molecular flexibility index (Phi) is 5.04. The number of ether oxygens (including phenoxy) is 1. The third-order valence-corrected chi connectivity index (χ3v) is 3.61. The highest BCUT2D eigenvalue weighted by molar-refractivity contribution is 5.88. The van der Waals surface area contributed by atoms with E-state index in [1.807, 2.05) is 24.3 Å². The first-order valence-corrected chi connectivity index (χ1v) is 6.78. The van der Waals surface area contributed by atoms with Crippen LogP contribution in [0.15, 0.2) is 24.3 Å². The minimum atomic E-state index is 0. The van der Waals surface area contributed by atoms with Crippen molar-refractivity contribution < 1.29 is 9.53 Å². The van der Waals surface area contributed by atoms with Crippen molar-refractivity contribution in [2.24, 2.45) is 0 Å². The van der Waals surface area contributed by atoms with E-state index in [0.29, 0.717) is 5.69 Å². The lowest BCUT2D eigenvalue weighted by Crippen LogP contribution is -2.25. The molecule has 5 heteroatoms. The maximum atomic E-state index is 10.7. The number of nitrogens with one attached hydrogen (secondary N) is 1. The second-order valence-corrected chi connectivity index (χ2v) is 4.99. The Labute approximate surface area is 124 Å². The Hall–Kier alpha value is -1.52. The lowest BCUT2D eigenvalue weighted by Gasteiger charge is -2.14. The lowest BCUT2D eigenvalue weighted by atomic mass is 10.2. The zero-order chi connectivity index (χ0) is 13.1. The van der Waals surface area contributed by atoms with E-state index in [1.165, 1.54) is 25.9 Å². The summed E-state index contributed by atoms with van der Waals surface area (Å²) in [7, 11) is 0. The molecule has 0 radical (unpaired) electrons. The van der Waals surface area contributed by atoms with Gasteiger partial charge in [-0.05, 0) is 50.2 Å². The zero-order valence-electron chi connectivity index (χ0n) is 11.3. The highest BCUT2D eigenvalue weighted by Gasteiger charge is 2.10. The lowest BCUT2D eigenvalue weighted by molar-refractivity contribution is 0.112. The van der Waals surface area contributed by atoms with Crippen molar-refractivity contribution in [3.8, 4) is 5.75 Å². The molecular formula is C15H19ClN2O2. The number of carbonyl (C=O) groups is 1. The molecule has 0 atom stereocenters. The van der Waals surface area contributed by atoms with Gasteiger partial charge in [-0.2, -0.15) is 0 Å². The van der Waals surface area contributed by atoms with Crippen molar-refractivity contribution in [1.82, 2.24) is 9.88 Å². The van der Waals surface area contributed by atoms with Crippen LogP contribution in [-0.4, -0.2) is 42.4 Å². The molecule has 0 spiro atoms. The fourth-order valence-corrected chi connectivity index (χ4v) is 2.59. The van der Waals surface area contributed by atoms with Crippen molar-refractivity contribution in [2.75, 3.05) is 26.2 Å². The molecule has 0 saturated carbocycles. The first-order chi connectivity index (χ1) is 9.35. The van der Waals surface area contributed by atoms with E-state index < -0.39 is 0 Å². The molecule has 1 aromatic carbocycles. The Bertz CT molecular complexity index is 576. The van der Waals surface area contributed by atoms with Crippen LogP contribution in [0.5, 0.6) is 5.75 Å². The number of aromatic amines is 1. The third-order valence-electron chi connectivity index (χ3n) is 3.61. The number of rotatable bonds is 5. The van der Waals surface area contributed by atoms with Gasteiger partial charge >= 0.3 is 0 Å². The summed E-state index contributed by atoms with van der Waals surface area (Å²) in [4.78, 5) is 16.2. The topological polar surface area (TPSA) is 45.3 Å². The molecule has 3 rings (SSSR count). The number of carbonyl (C=O) groups excluding carboxylic acids is 1. The monoisotopic (exact) mass is 294 g/mol. The van der Waals surface area contributed by atoms with Crippen LogP contribution in [0.25, 0.3) is 10.9 Å². The van der Waals surface area contributed by atoms with Crippen molar-refractivity contribution in [2.45, 2.75) is 12.8 Å². The summed E-state index contributed by atoms with van der Waals surface area (Å²) in [5.41, 5.74) is 1.57. The van der Waals surface area contributed by atoms with Gasteiger partial charge in [-0.3, -0.25) is 9.69 Å². The predicted octanol–water partition coefficient (Wildman–Crippen LogP) is 2.88. The van der Waals surface area contributed by atoms with Crippen molar-refractivity contribution >= 4 is 29.6 Å². The fraction of sp³-hybridized carbons (Fsp3) is 0.400. The molecule has 0 aliphatic carbocycles. The normalized spacial score (nSPS) is 15.2. The van der Waals surface area contributed by atoms with Gasteiger partial charge < -0.3 is 9.72 Å². The summed E-state index contributed by atoms with van der Waals surface area (Å²) >= 11 is 0.